The Labute approximate surface area is 128 Å². The highest BCUT2D eigenvalue weighted by atomic mass is 16.5. The van der Waals surface area contributed by atoms with Gasteiger partial charge in [0, 0.05) is 11.6 Å². The molecule has 1 aromatic heterocycles. The van der Waals surface area contributed by atoms with E-state index in [9.17, 15) is 9.90 Å². The number of ether oxygens (including phenoxy) is 1. The molecule has 116 valence electrons. The Balaban J connectivity index is 1.52. The normalized spacial score (nSPS) is 27.2. The van der Waals surface area contributed by atoms with Crippen molar-refractivity contribution >= 4 is 16.9 Å². The number of piperidine rings is 3. The van der Waals surface area contributed by atoms with Crippen LogP contribution in [0.3, 0.4) is 0 Å². The molecule has 3 saturated heterocycles. The summed E-state index contributed by atoms with van der Waals surface area (Å²) in [6.45, 7) is 3.84. The molecule has 4 heterocycles. The third-order valence-corrected chi connectivity index (χ3v) is 5.29. The molecule has 0 aliphatic carbocycles. The van der Waals surface area contributed by atoms with Gasteiger partial charge in [-0.3, -0.25) is 0 Å². The van der Waals surface area contributed by atoms with Crippen LogP contribution in [-0.4, -0.2) is 47.2 Å². The number of aromatic hydroxyl groups is 1. The third kappa shape index (κ3) is 2.16. The van der Waals surface area contributed by atoms with Gasteiger partial charge in [-0.05, 0) is 51.0 Å². The number of rotatable bonds is 3. The number of nitrogens with zero attached hydrogens (tertiary/aromatic N) is 1. The second-order valence-electron chi connectivity index (χ2n) is 6.57. The van der Waals surface area contributed by atoms with Gasteiger partial charge in [-0.1, -0.05) is 6.07 Å². The van der Waals surface area contributed by atoms with E-state index in [0.717, 1.165) is 44.4 Å². The first-order valence-corrected chi connectivity index (χ1v) is 7.85. The van der Waals surface area contributed by atoms with Gasteiger partial charge in [0.1, 0.15) is 5.75 Å². The van der Waals surface area contributed by atoms with Gasteiger partial charge < -0.3 is 19.7 Å². The monoisotopic (exact) mass is 300 g/mol. The van der Waals surface area contributed by atoms with Crippen LogP contribution in [0.1, 0.15) is 29.6 Å². The largest absolute Gasteiger partial charge is 0.507 e. The van der Waals surface area contributed by atoms with Gasteiger partial charge in [0.15, 0.2) is 0 Å². The maximum absolute atomic E-state index is 12.4. The number of H-pyrrole nitrogens is 1. The molecule has 0 spiro atoms. The van der Waals surface area contributed by atoms with Crippen LogP contribution < -0.4 is 0 Å². The summed E-state index contributed by atoms with van der Waals surface area (Å²) in [7, 11) is 0. The maximum Gasteiger partial charge on any atom is 0.340 e. The second-order valence-corrected chi connectivity index (χ2v) is 6.57. The zero-order valence-electron chi connectivity index (χ0n) is 12.5. The fraction of sp³-hybridized carbons (Fsp3) is 0.471. The fourth-order valence-corrected chi connectivity index (χ4v) is 3.74. The van der Waals surface area contributed by atoms with Crippen LogP contribution in [0.2, 0.25) is 0 Å². The van der Waals surface area contributed by atoms with Crippen LogP contribution >= 0.6 is 0 Å². The second kappa shape index (κ2) is 5.02. The lowest BCUT2D eigenvalue weighted by Crippen LogP contribution is -2.50. The number of nitrogens with one attached hydrogen (secondary N) is 1. The predicted octanol–water partition coefficient (Wildman–Crippen LogP) is 2.52. The molecule has 0 amide bonds. The molecule has 2 bridgehead atoms. The number of aromatic amines is 1. The molecule has 0 radical (unpaired) electrons. The molecule has 3 aliphatic heterocycles. The van der Waals surface area contributed by atoms with Crippen molar-refractivity contribution in [2.24, 2.45) is 5.41 Å². The lowest BCUT2D eigenvalue weighted by Gasteiger charge is -2.47. The summed E-state index contributed by atoms with van der Waals surface area (Å²) in [6.07, 6.45) is 4.95. The topological polar surface area (TPSA) is 65.6 Å². The zero-order valence-corrected chi connectivity index (χ0v) is 12.5. The number of esters is 1. The minimum atomic E-state index is -0.352. The fourth-order valence-electron chi connectivity index (χ4n) is 3.74. The molecule has 1 aromatic carbocycles. The van der Waals surface area contributed by atoms with Crippen LogP contribution in [0.15, 0.2) is 24.4 Å². The molecule has 2 aromatic rings. The third-order valence-electron chi connectivity index (χ3n) is 5.29. The number of fused-ring (bicyclic) bond motifs is 4. The number of phenolic OH excluding ortho intramolecular Hbond substituents is 1. The van der Waals surface area contributed by atoms with E-state index >= 15 is 0 Å². The maximum atomic E-state index is 12.4. The van der Waals surface area contributed by atoms with Gasteiger partial charge >= 0.3 is 5.97 Å². The summed E-state index contributed by atoms with van der Waals surface area (Å²) in [4.78, 5) is 17.9. The molecule has 5 nitrogen and oxygen atoms in total. The number of benzene rings is 1. The molecular weight excluding hydrogens is 280 g/mol. The molecule has 3 aliphatic rings. The summed E-state index contributed by atoms with van der Waals surface area (Å²) in [5.41, 5.74) is 1.33. The SMILES string of the molecule is O=C(OCC12CCN(CC1)CC2)c1c[nH]c2cccc(O)c12. The van der Waals surface area contributed by atoms with Crippen molar-refractivity contribution in [3.63, 3.8) is 0 Å². The van der Waals surface area contributed by atoms with E-state index in [1.54, 1.807) is 18.3 Å². The van der Waals surface area contributed by atoms with E-state index in [2.05, 4.69) is 9.88 Å². The highest BCUT2D eigenvalue weighted by Gasteiger charge is 2.40. The summed E-state index contributed by atoms with van der Waals surface area (Å²) in [5, 5.41) is 10.5. The summed E-state index contributed by atoms with van der Waals surface area (Å²) in [5.74, 6) is -0.245. The zero-order chi connectivity index (χ0) is 15.2. The quantitative estimate of drug-likeness (QED) is 0.855. The first-order chi connectivity index (χ1) is 10.7. The van der Waals surface area contributed by atoms with E-state index in [4.69, 9.17) is 4.74 Å². The summed E-state index contributed by atoms with van der Waals surface area (Å²) in [6, 6.07) is 5.17. The number of carbonyl (C=O) groups is 1. The van der Waals surface area contributed by atoms with Crippen molar-refractivity contribution < 1.29 is 14.6 Å². The first kappa shape index (κ1) is 13.6. The standard InChI is InChI=1S/C17H20N2O3/c20-14-3-1-2-13-15(14)12(10-18-13)16(21)22-11-17-4-7-19(8-5-17)9-6-17/h1-3,10,18,20H,4-9,11H2. The molecule has 0 atom stereocenters. The first-order valence-electron chi connectivity index (χ1n) is 7.85. The van der Waals surface area contributed by atoms with Crippen molar-refractivity contribution in [2.75, 3.05) is 26.2 Å². The smallest absolute Gasteiger partial charge is 0.340 e. The Hall–Kier alpha value is -2.01. The van der Waals surface area contributed by atoms with Gasteiger partial charge in [0.2, 0.25) is 0 Å². The summed E-state index contributed by atoms with van der Waals surface area (Å²) < 4.78 is 5.62. The highest BCUT2D eigenvalue weighted by molar-refractivity contribution is 6.06. The molecular formula is C17H20N2O3. The number of phenols is 1. The lowest BCUT2D eigenvalue weighted by molar-refractivity contribution is -0.0304. The van der Waals surface area contributed by atoms with Crippen LogP contribution in [0.4, 0.5) is 0 Å². The van der Waals surface area contributed by atoms with Gasteiger partial charge in [-0.2, -0.15) is 0 Å². The van der Waals surface area contributed by atoms with Gasteiger partial charge in [-0.25, -0.2) is 4.79 Å². The van der Waals surface area contributed by atoms with Crippen molar-refractivity contribution in [3.05, 3.63) is 30.0 Å². The van der Waals surface area contributed by atoms with E-state index in [1.807, 2.05) is 6.07 Å². The van der Waals surface area contributed by atoms with Crippen LogP contribution in [0, 0.1) is 5.41 Å². The average Bonchev–Trinajstić information content (AvgIpc) is 3.00. The van der Waals surface area contributed by atoms with Crippen molar-refractivity contribution in [1.82, 2.24) is 9.88 Å². The van der Waals surface area contributed by atoms with E-state index < -0.39 is 0 Å². The number of carbonyl (C=O) groups excluding carboxylic acids is 1. The number of aromatic nitrogens is 1. The van der Waals surface area contributed by atoms with Crippen molar-refractivity contribution in [2.45, 2.75) is 19.3 Å². The molecule has 0 saturated carbocycles. The highest BCUT2D eigenvalue weighted by Crippen LogP contribution is 2.40. The van der Waals surface area contributed by atoms with Crippen LogP contribution in [-0.2, 0) is 4.74 Å². The lowest BCUT2D eigenvalue weighted by atomic mass is 9.73. The minimum absolute atomic E-state index is 0.106. The van der Waals surface area contributed by atoms with E-state index in [0.29, 0.717) is 17.6 Å². The average molecular weight is 300 g/mol. The Morgan fingerprint density at radius 2 is 2.00 bits per heavy atom. The van der Waals surface area contributed by atoms with Gasteiger partial charge in [-0.15, -0.1) is 0 Å². The number of hydrogen-bond acceptors (Lipinski definition) is 4. The summed E-state index contributed by atoms with van der Waals surface area (Å²) >= 11 is 0. The molecule has 5 rings (SSSR count). The van der Waals surface area contributed by atoms with Crippen molar-refractivity contribution in [1.29, 1.82) is 0 Å². The molecule has 2 N–H and O–H groups in total. The molecule has 3 fully saturated rings. The van der Waals surface area contributed by atoms with Crippen molar-refractivity contribution in [3.8, 4) is 5.75 Å². The Morgan fingerprint density at radius 1 is 1.27 bits per heavy atom. The molecule has 0 unspecified atom stereocenters. The van der Waals surface area contributed by atoms with Crippen LogP contribution in [0.5, 0.6) is 5.75 Å². The Bertz CT molecular complexity index is 700. The minimum Gasteiger partial charge on any atom is -0.507 e. The van der Waals surface area contributed by atoms with E-state index in [1.165, 1.54) is 0 Å². The predicted molar refractivity (Wildman–Crippen MR) is 83.0 cm³/mol. The van der Waals surface area contributed by atoms with Gasteiger partial charge in [0.05, 0.1) is 23.1 Å². The number of hydrogen-bond donors (Lipinski definition) is 2. The Morgan fingerprint density at radius 3 is 2.73 bits per heavy atom. The van der Waals surface area contributed by atoms with Crippen LogP contribution in [0.25, 0.3) is 10.9 Å². The van der Waals surface area contributed by atoms with E-state index in [-0.39, 0.29) is 17.1 Å². The Kier molecular flexibility index (Phi) is 3.11. The van der Waals surface area contributed by atoms with Gasteiger partial charge in [0.25, 0.3) is 0 Å². The molecule has 5 heteroatoms. The molecule has 22 heavy (non-hydrogen) atoms.